The Bertz CT molecular complexity index is 1590. The highest BCUT2D eigenvalue weighted by molar-refractivity contribution is 6.11. The summed E-state index contributed by atoms with van der Waals surface area (Å²) in [4.78, 5) is 26.6. The number of hydrogen-bond acceptors (Lipinski definition) is 6. The minimum atomic E-state index is -4.58. The first-order chi connectivity index (χ1) is 17.8. The van der Waals surface area contributed by atoms with E-state index >= 15 is 0 Å². The molecule has 9 nitrogen and oxygen atoms in total. The van der Waals surface area contributed by atoms with Crippen molar-refractivity contribution in [2.24, 2.45) is 0 Å². The smallest absolute Gasteiger partial charge is 0.371 e. The van der Waals surface area contributed by atoms with Gasteiger partial charge in [-0.15, -0.1) is 0 Å². The van der Waals surface area contributed by atoms with E-state index in [4.69, 9.17) is 0 Å². The summed E-state index contributed by atoms with van der Waals surface area (Å²) < 4.78 is 40.2. The van der Waals surface area contributed by atoms with Crippen LogP contribution in [0.25, 0.3) is 21.9 Å². The number of anilines is 4. The Labute approximate surface area is 209 Å². The van der Waals surface area contributed by atoms with Gasteiger partial charge in [0, 0.05) is 30.4 Å². The van der Waals surface area contributed by atoms with E-state index < -0.39 is 11.7 Å². The van der Waals surface area contributed by atoms with Crippen molar-refractivity contribution in [1.82, 2.24) is 25.1 Å². The number of alkyl halides is 3. The molecule has 0 radical (unpaired) electrons. The molecule has 0 spiro atoms. The summed E-state index contributed by atoms with van der Waals surface area (Å²) in [6.45, 7) is 5.22. The van der Waals surface area contributed by atoms with Crippen LogP contribution in [-0.4, -0.2) is 44.1 Å². The van der Waals surface area contributed by atoms with Gasteiger partial charge in [0.05, 0.1) is 39.6 Å². The highest BCUT2D eigenvalue weighted by Crippen LogP contribution is 2.35. The van der Waals surface area contributed by atoms with Crippen molar-refractivity contribution in [3.8, 4) is 0 Å². The molecule has 2 aromatic carbocycles. The van der Waals surface area contributed by atoms with Gasteiger partial charge in [-0.25, -0.2) is 9.97 Å². The molecule has 0 aliphatic heterocycles. The van der Waals surface area contributed by atoms with Gasteiger partial charge in [-0.2, -0.15) is 18.3 Å². The van der Waals surface area contributed by atoms with Gasteiger partial charge in [0.25, 0.3) is 5.91 Å². The number of imidazole rings is 1. The van der Waals surface area contributed by atoms with Crippen LogP contribution in [-0.2, 0) is 6.18 Å². The maximum atomic E-state index is 13.4. The summed E-state index contributed by atoms with van der Waals surface area (Å²) in [5.74, 6) is -0.631. The highest BCUT2D eigenvalue weighted by atomic mass is 19.4. The van der Waals surface area contributed by atoms with Crippen LogP contribution >= 0.6 is 0 Å². The van der Waals surface area contributed by atoms with Crippen molar-refractivity contribution >= 4 is 51.0 Å². The number of aromatic nitrogens is 5. The molecule has 0 aliphatic carbocycles. The zero-order chi connectivity index (χ0) is 26.2. The fraction of sp³-hybridized carbons (Fsp3) is 0.200. The van der Waals surface area contributed by atoms with Crippen LogP contribution in [0, 0.1) is 0 Å². The molecule has 0 fully saturated rings. The zero-order valence-electron chi connectivity index (χ0n) is 19.9. The molecule has 190 valence electrons. The summed E-state index contributed by atoms with van der Waals surface area (Å²) in [6.07, 6.45) is -1.62. The third-order valence-electron chi connectivity index (χ3n) is 6.00. The van der Waals surface area contributed by atoms with E-state index in [1.165, 1.54) is 12.3 Å². The van der Waals surface area contributed by atoms with E-state index in [1.807, 2.05) is 24.8 Å². The average molecular weight is 509 g/mol. The molecule has 3 heterocycles. The maximum Gasteiger partial charge on any atom is 0.419 e. The summed E-state index contributed by atoms with van der Waals surface area (Å²) in [5.41, 5.74) is 2.49. The van der Waals surface area contributed by atoms with Gasteiger partial charge in [0.1, 0.15) is 5.82 Å². The Kier molecular flexibility index (Phi) is 6.15. The van der Waals surface area contributed by atoms with Gasteiger partial charge in [-0.05, 0) is 56.3 Å². The number of nitrogens with zero attached hydrogens (tertiary/aromatic N) is 4. The molecule has 4 N–H and O–H groups in total. The lowest BCUT2D eigenvalue weighted by Gasteiger charge is -2.23. The van der Waals surface area contributed by atoms with Gasteiger partial charge in [-0.3, -0.25) is 9.89 Å². The number of halogens is 3. The number of amides is 1. The minimum Gasteiger partial charge on any atom is -0.371 e. The van der Waals surface area contributed by atoms with Gasteiger partial charge in [0.2, 0.25) is 5.95 Å². The third-order valence-corrected chi connectivity index (χ3v) is 6.00. The number of rotatable bonds is 7. The highest BCUT2D eigenvalue weighted by Gasteiger charge is 2.34. The predicted molar refractivity (Wildman–Crippen MR) is 136 cm³/mol. The number of pyridine rings is 1. The van der Waals surface area contributed by atoms with E-state index in [0.29, 0.717) is 41.1 Å². The first-order valence-electron chi connectivity index (χ1n) is 11.6. The van der Waals surface area contributed by atoms with Gasteiger partial charge in [-0.1, -0.05) is 0 Å². The molecule has 0 bridgehead atoms. The second kappa shape index (κ2) is 9.45. The number of carbonyl (C=O) groups is 1. The number of hydrogen-bond donors (Lipinski definition) is 4. The van der Waals surface area contributed by atoms with Crippen LogP contribution in [0.5, 0.6) is 0 Å². The van der Waals surface area contributed by atoms with Crippen molar-refractivity contribution in [1.29, 1.82) is 0 Å². The fourth-order valence-electron chi connectivity index (χ4n) is 4.17. The number of aromatic amines is 2. The van der Waals surface area contributed by atoms with Crippen molar-refractivity contribution in [2.75, 3.05) is 28.6 Å². The van der Waals surface area contributed by atoms with Crippen molar-refractivity contribution < 1.29 is 18.0 Å². The molecule has 1 amide bonds. The molecule has 12 heteroatoms. The van der Waals surface area contributed by atoms with E-state index in [1.54, 1.807) is 30.5 Å². The van der Waals surface area contributed by atoms with Crippen molar-refractivity contribution in [2.45, 2.75) is 20.0 Å². The Morgan fingerprint density at radius 1 is 1.08 bits per heavy atom. The van der Waals surface area contributed by atoms with Gasteiger partial charge in [0.15, 0.2) is 0 Å². The van der Waals surface area contributed by atoms with Crippen molar-refractivity contribution in [3.63, 3.8) is 0 Å². The Morgan fingerprint density at radius 2 is 1.89 bits per heavy atom. The Hall–Kier alpha value is -4.61. The molecule has 5 rings (SSSR count). The summed E-state index contributed by atoms with van der Waals surface area (Å²) in [6, 6.07) is 11.0. The first-order valence-corrected chi connectivity index (χ1v) is 11.6. The van der Waals surface area contributed by atoms with Crippen LogP contribution in [0.4, 0.5) is 36.3 Å². The molecule has 5 aromatic rings. The minimum absolute atomic E-state index is 0.0759. The van der Waals surface area contributed by atoms with Gasteiger partial charge >= 0.3 is 6.18 Å². The third kappa shape index (κ3) is 4.77. The second-order valence-electron chi connectivity index (χ2n) is 8.29. The fourth-order valence-corrected chi connectivity index (χ4v) is 4.17. The molecular weight excluding hydrogens is 485 g/mol. The lowest BCUT2D eigenvalue weighted by molar-refractivity contribution is -0.137. The lowest BCUT2D eigenvalue weighted by atomic mass is 10.1. The molecule has 0 atom stereocenters. The van der Waals surface area contributed by atoms with Crippen molar-refractivity contribution in [3.05, 3.63) is 66.0 Å². The van der Waals surface area contributed by atoms with Crippen LogP contribution in [0.2, 0.25) is 0 Å². The average Bonchev–Trinajstić information content (AvgIpc) is 3.49. The normalized spacial score (nSPS) is 11.7. The van der Waals surface area contributed by atoms with Crippen LogP contribution in [0.1, 0.15) is 29.8 Å². The Morgan fingerprint density at radius 3 is 2.65 bits per heavy atom. The van der Waals surface area contributed by atoms with Crippen LogP contribution in [0.15, 0.2) is 54.9 Å². The summed E-state index contributed by atoms with van der Waals surface area (Å²) >= 11 is 0. The molecule has 0 aliphatic rings. The van der Waals surface area contributed by atoms with E-state index in [2.05, 4.69) is 35.8 Å². The topological polar surface area (TPSA) is 115 Å². The number of benzene rings is 2. The number of nitrogens with one attached hydrogen (secondary N) is 4. The molecular formula is C25H23F3N8O. The standard InChI is InChI=1S/C25H23F3N8O/c1-3-36(4-2)21-12-20-19(32-24(33-20)34-22-17(25(26,27)28)6-5-9-29-22)11-16(21)23(37)31-15-8-7-14-13-30-35-18(14)10-15/h5-13H,3-4H2,1-2H3,(H,30,35)(H,31,37)(H2,29,32,33,34). The lowest BCUT2D eigenvalue weighted by Crippen LogP contribution is -2.25. The maximum absolute atomic E-state index is 13.4. The molecule has 3 aromatic heterocycles. The SMILES string of the molecule is CCN(CC)c1cc2nc(Nc3ncccc3C(F)(F)F)[nH]c2cc1C(=O)Nc1ccc2cn[nH]c2c1. The summed E-state index contributed by atoms with van der Waals surface area (Å²) in [5, 5.41) is 13.3. The molecule has 0 saturated carbocycles. The quantitative estimate of drug-likeness (QED) is 0.224. The predicted octanol–water partition coefficient (Wildman–Crippen LogP) is 5.70. The monoisotopic (exact) mass is 508 g/mol. The summed E-state index contributed by atoms with van der Waals surface area (Å²) in [7, 11) is 0. The van der Waals surface area contributed by atoms with E-state index in [-0.39, 0.29) is 17.7 Å². The second-order valence-corrected chi connectivity index (χ2v) is 8.29. The number of carbonyl (C=O) groups excluding carboxylic acids is 1. The van der Waals surface area contributed by atoms with Gasteiger partial charge < -0.3 is 20.5 Å². The largest absolute Gasteiger partial charge is 0.419 e. The number of fused-ring (bicyclic) bond motifs is 2. The van der Waals surface area contributed by atoms with Crippen LogP contribution in [0.3, 0.4) is 0 Å². The Balaban J connectivity index is 1.52. The zero-order valence-corrected chi connectivity index (χ0v) is 19.9. The van der Waals surface area contributed by atoms with Crippen LogP contribution < -0.4 is 15.5 Å². The number of H-pyrrole nitrogens is 2. The molecule has 37 heavy (non-hydrogen) atoms. The molecule has 0 saturated heterocycles. The van der Waals surface area contributed by atoms with E-state index in [0.717, 1.165) is 17.0 Å². The molecule has 0 unspecified atom stereocenters. The van der Waals surface area contributed by atoms with E-state index in [9.17, 15) is 18.0 Å². The first kappa shape index (κ1) is 24.1.